The molecule has 4 rings (SSSR count). The van der Waals surface area contributed by atoms with Crippen molar-refractivity contribution in [3.8, 4) is 0 Å². The van der Waals surface area contributed by atoms with E-state index in [0.29, 0.717) is 32.7 Å². The summed E-state index contributed by atoms with van der Waals surface area (Å²) in [5.74, 6) is -1.31. The van der Waals surface area contributed by atoms with E-state index in [1.807, 2.05) is 0 Å². The molecule has 1 amide bonds. The highest BCUT2D eigenvalue weighted by Crippen LogP contribution is 2.24. The van der Waals surface area contributed by atoms with Crippen molar-refractivity contribution in [3.05, 3.63) is 63.7 Å². The summed E-state index contributed by atoms with van der Waals surface area (Å²) in [7, 11) is 0. The highest BCUT2D eigenvalue weighted by molar-refractivity contribution is 6.31. The van der Waals surface area contributed by atoms with Crippen LogP contribution in [0.5, 0.6) is 0 Å². The second kappa shape index (κ2) is 6.90. The summed E-state index contributed by atoms with van der Waals surface area (Å²) in [5, 5.41) is 3.81. The molecule has 0 aliphatic carbocycles. The lowest BCUT2D eigenvalue weighted by Gasteiger charge is -2.12. The van der Waals surface area contributed by atoms with Crippen LogP contribution in [0.2, 0.25) is 5.02 Å². The van der Waals surface area contributed by atoms with Gasteiger partial charge in [-0.25, -0.2) is 9.59 Å². The Morgan fingerprint density at radius 3 is 2.71 bits per heavy atom. The summed E-state index contributed by atoms with van der Waals surface area (Å²) >= 11 is 5.92. The number of nitrogens with one attached hydrogen (secondary N) is 3. The Labute approximate surface area is 162 Å². The Kier molecular flexibility index (Phi) is 4.40. The Bertz CT molecular complexity index is 1270. The van der Waals surface area contributed by atoms with Crippen LogP contribution in [0.25, 0.3) is 22.0 Å². The highest BCUT2D eigenvalue weighted by Gasteiger charge is 2.22. The number of hydrogen-bond donors (Lipinski definition) is 3. The Hall–Kier alpha value is -3.52. The van der Waals surface area contributed by atoms with Gasteiger partial charge < -0.3 is 24.4 Å². The Morgan fingerprint density at radius 2 is 1.89 bits per heavy atom. The van der Waals surface area contributed by atoms with Crippen molar-refractivity contribution in [3.63, 3.8) is 0 Å². The third-order valence-electron chi connectivity index (χ3n) is 4.12. The Morgan fingerprint density at radius 1 is 1.11 bits per heavy atom. The number of carbonyl (C=O) groups excluding carboxylic acids is 2. The van der Waals surface area contributed by atoms with Gasteiger partial charge in [0, 0.05) is 16.1 Å². The second-order valence-corrected chi connectivity index (χ2v) is 6.61. The minimum Gasteiger partial charge on any atom is -0.449 e. The summed E-state index contributed by atoms with van der Waals surface area (Å²) in [6, 6.07) is 11.3. The third kappa shape index (κ3) is 3.49. The SMILES string of the molecule is C[C@H](OC(=O)c1cc2cc(Cl)ccc2o1)C(=O)Nc1ccc2[nH]c(=O)[nH]c2c1. The van der Waals surface area contributed by atoms with Crippen LogP contribution in [-0.4, -0.2) is 27.9 Å². The fourth-order valence-corrected chi connectivity index (χ4v) is 2.92. The van der Waals surface area contributed by atoms with Gasteiger partial charge in [-0.05, 0) is 49.4 Å². The number of aromatic nitrogens is 2. The topological polar surface area (TPSA) is 117 Å². The number of rotatable bonds is 4. The van der Waals surface area contributed by atoms with E-state index in [0.717, 1.165) is 0 Å². The van der Waals surface area contributed by atoms with Crippen LogP contribution < -0.4 is 11.0 Å². The number of fused-ring (bicyclic) bond motifs is 2. The number of aromatic amines is 2. The molecule has 0 aliphatic rings. The fourth-order valence-electron chi connectivity index (χ4n) is 2.74. The van der Waals surface area contributed by atoms with Gasteiger partial charge in [0.25, 0.3) is 5.91 Å². The number of ether oxygens (including phenoxy) is 1. The number of carbonyl (C=O) groups is 2. The number of anilines is 1. The molecule has 3 N–H and O–H groups in total. The predicted molar refractivity (Wildman–Crippen MR) is 104 cm³/mol. The number of benzene rings is 2. The van der Waals surface area contributed by atoms with Gasteiger partial charge in [-0.1, -0.05) is 11.6 Å². The predicted octanol–water partition coefficient (Wildman–Crippen LogP) is 3.44. The maximum atomic E-state index is 12.3. The van der Waals surface area contributed by atoms with Crippen molar-refractivity contribution in [1.82, 2.24) is 9.97 Å². The van der Waals surface area contributed by atoms with Crippen LogP contribution in [0, 0.1) is 0 Å². The molecular formula is C19H14ClN3O5. The summed E-state index contributed by atoms with van der Waals surface area (Å²) in [6.07, 6.45) is -1.06. The van der Waals surface area contributed by atoms with Crippen LogP contribution in [0.3, 0.4) is 0 Å². The lowest BCUT2D eigenvalue weighted by Crippen LogP contribution is -2.29. The lowest BCUT2D eigenvalue weighted by atomic mass is 10.2. The van der Waals surface area contributed by atoms with E-state index in [1.54, 1.807) is 36.4 Å². The molecule has 1 atom stereocenters. The molecule has 0 aliphatic heterocycles. The molecule has 2 aromatic carbocycles. The van der Waals surface area contributed by atoms with E-state index in [1.165, 1.54) is 13.0 Å². The molecule has 0 fully saturated rings. The number of halogens is 1. The van der Waals surface area contributed by atoms with Gasteiger partial charge in [0.2, 0.25) is 5.76 Å². The molecule has 28 heavy (non-hydrogen) atoms. The van der Waals surface area contributed by atoms with Crippen LogP contribution in [0.15, 0.2) is 51.7 Å². The standard InChI is InChI=1S/C19H14ClN3O5/c1-9(17(24)21-12-3-4-13-14(8-12)23-19(26)22-13)27-18(25)16-7-10-6-11(20)2-5-15(10)28-16/h2-9H,1H3,(H,21,24)(H2,22,23,26)/t9-/m0/s1. The van der Waals surface area contributed by atoms with Crippen LogP contribution in [0.4, 0.5) is 5.69 Å². The van der Waals surface area contributed by atoms with E-state index < -0.39 is 18.0 Å². The molecule has 0 radical (unpaired) electrons. The number of amides is 1. The normalized spacial score (nSPS) is 12.2. The summed E-state index contributed by atoms with van der Waals surface area (Å²) in [4.78, 5) is 41.1. The van der Waals surface area contributed by atoms with E-state index in [2.05, 4.69) is 15.3 Å². The zero-order valence-electron chi connectivity index (χ0n) is 14.5. The molecular weight excluding hydrogens is 386 g/mol. The zero-order valence-corrected chi connectivity index (χ0v) is 15.3. The average molecular weight is 400 g/mol. The molecule has 2 heterocycles. The fraction of sp³-hybridized carbons (Fsp3) is 0.105. The number of H-pyrrole nitrogens is 2. The number of imidazole rings is 1. The van der Waals surface area contributed by atoms with Gasteiger partial charge >= 0.3 is 11.7 Å². The van der Waals surface area contributed by atoms with E-state index in [9.17, 15) is 14.4 Å². The van der Waals surface area contributed by atoms with Crippen LogP contribution in [-0.2, 0) is 9.53 Å². The minimum atomic E-state index is -1.06. The van der Waals surface area contributed by atoms with Crippen molar-refractivity contribution in [2.45, 2.75) is 13.0 Å². The second-order valence-electron chi connectivity index (χ2n) is 6.17. The first-order valence-corrected chi connectivity index (χ1v) is 8.70. The summed E-state index contributed by atoms with van der Waals surface area (Å²) in [5.41, 5.74) is 1.77. The van der Waals surface area contributed by atoms with Gasteiger partial charge in [-0.2, -0.15) is 0 Å². The van der Waals surface area contributed by atoms with Crippen molar-refractivity contribution in [1.29, 1.82) is 0 Å². The largest absolute Gasteiger partial charge is 0.449 e. The van der Waals surface area contributed by atoms with Gasteiger partial charge in [-0.15, -0.1) is 0 Å². The molecule has 142 valence electrons. The van der Waals surface area contributed by atoms with Crippen LogP contribution in [0.1, 0.15) is 17.5 Å². The van der Waals surface area contributed by atoms with E-state index in [4.69, 9.17) is 20.8 Å². The van der Waals surface area contributed by atoms with Crippen LogP contribution >= 0.6 is 11.6 Å². The van der Waals surface area contributed by atoms with Gasteiger partial charge in [-0.3, -0.25) is 4.79 Å². The molecule has 0 saturated carbocycles. The number of furan rings is 1. The molecule has 8 nitrogen and oxygen atoms in total. The van der Waals surface area contributed by atoms with Crippen molar-refractivity contribution in [2.75, 3.05) is 5.32 Å². The molecule has 0 bridgehead atoms. The summed E-state index contributed by atoms with van der Waals surface area (Å²) in [6.45, 7) is 1.45. The number of hydrogen-bond acceptors (Lipinski definition) is 5. The van der Waals surface area contributed by atoms with Crippen molar-refractivity contribution >= 4 is 51.2 Å². The van der Waals surface area contributed by atoms with Crippen molar-refractivity contribution < 1.29 is 18.7 Å². The first kappa shape index (κ1) is 17.9. The van der Waals surface area contributed by atoms with Gasteiger partial charge in [0.05, 0.1) is 11.0 Å². The first-order valence-electron chi connectivity index (χ1n) is 8.32. The highest BCUT2D eigenvalue weighted by atomic mass is 35.5. The smallest absolute Gasteiger partial charge is 0.375 e. The van der Waals surface area contributed by atoms with Gasteiger partial charge in [0.1, 0.15) is 5.58 Å². The first-order chi connectivity index (χ1) is 13.4. The quantitative estimate of drug-likeness (QED) is 0.454. The Balaban J connectivity index is 1.45. The number of esters is 1. The minimum absolute atomic E-state index is 0.0248. The average Bonchev–Trinajstić information content (AvgIpc) is 3.23. The van der Waals surface area contributed by atoms with Crippen molar-refractivity contribution in [2.24, 2.45) is 0 Å². The molecule has 0 saturated heterocycles. The monoisotopic (exact) mass is 399 g/mol. The molecule has 0 unspecified atom stereocenters. The summed E-state index contributed by atoms with van der Waals surface area (Å²) < 4.78 is 10.6. The molecule has 4 aromatic rings. The molecule has 2 aromatic heterocycles. The lowest BCUT2D eigenvalue weighted by molar-refractivity contribution is -0.123. The van der Waals surface area contributed by atoms with E-state index in [-0.39, 0.29) is 11.4 Å². The maximum absolute atomic E-state index is 12.3. The zero-order chi connectivity index (χ0) is 19.8. The maximum Gasteiger partial charge on any atom is 0.375 e. The van der Waals surface area contributed by atoms with Gasteiger partial charge in [0.15, 0.2) is 6.10 Å². The molecule has 0 spiro atoms. The third-order valence-corrected chi connectivity index (χ3v) is 4.35. The molecule has 9 heteroatoms. The van der Waals surface area contributed by atoms with E-state index >= 15 is 0 Å².